The third kappa shape index (κ3) is 5.90. The average molecular weight is 779 g/mol. The van der Waals surface area contributed by atoms with Crippen LogP contribution in [0.3, 0.4) is 0 Å². The van der Waals surface area contributed by atoms with E-state index in [1.54, 1.807) is 0 Å². The minimum absolute atomic E-state index is 0.899. The summed E-state index contributed by atoms with van der Waals surface area (Å²) in [4.78, 5) is 2.37. The fourth-order valence-electron chi connectivity index (χ4n) is 9.27. The molecule has 0 atom stereocenters. The summed E-state index contributed by atoms with van der Waals surface area (Å²) >= 11 is 0. The lowest BCUT2D eigenvalue weighted by atomic mass is 9.99. The van der Waals surface area contributed by atoms with Crippen molar-refractivity contribution in [2.45, 2.75) is 0 Å². The van der Waals surface area contributed by atoms with Gasteiger partial charge >= 0.3 is 0 Å². The Bertz CT molecular complexity index is 3560. The number of fused-ring (bicyclic) bond motifs is 8. The average Bonchev–Trinajstić information content (AvgIpc) is 3.88. The normalized spacial score (nSPS) is 11.6. The number of rotatable bonds is 7. The molecule has 0 aliphatic rings. The number of aromatic nitrogens is 1. The van der Waals surface area contributed by atoms with Crippen LogP contribution in [0.1, 0.15) is 0 Å². The first-order valence-electron chi connectivity index (χ1n) is 20.8. The van der Waals surface area contributed by atoms with Crippen LogP contribution in [0.5, 0.6) is 0 Å². The fourth-order valence-corrected chi connectivity index (χ4v) is 9.27. The Morgan fingerprint density at radius 3 is 1.66 bits per heavy atom. The lowest BCUT2D eigenvalue weighted by Crippen LogP contribution is -2.11. The maximum absolute atomic E-state index is 6.26. The minimum atomic E-state index is 0.899. The second kappa shape index (κ2) is 14.3. The highest BCUT2D eigenvalue weighted by Crippen LogP contribution is 2.43. The van der Waals surface area contributed by atoms with Gasteiger partial charge in [0.25, 0.3) is 0 Å². The van der Waals surface area contributed by atoms with Gasteiger partial charge in [-0.15, -0.1) is 0 Å². The molecule has 0 unspecified atom stereocenters. The van der Waals surface area contributed by atoms with Crippen molar-refractivity contribution >= 4 is 71.6 Å². The van der Waals surface area contributed by atoms with E-state index >= 15 is 0 Å². The number of hydrogen-bond acceptors (Lipinski definition) is 2. The molecular formula is C58H38N2O. The molecule has 0 aliphatic heterocycles. The molecule has 3 nitrogen and oxygen atoms in total. The van der Waals surface area contributed by atoms with Gasteiger partial charge in [0.15, 0.2) is 0 Å². The van der Waals surface area contributed by atoms with Gasteiger partial charge in [-0.1, -0.05) is 164 Å². The van der Waals surface area contributed by atoms with Gasteiger partial charge in [0.05, 0.1) is 16.7 Å². The lowest BCUT2D eigenvalue weighted by Gasteiger charge is -2.28. The van der Waals surface area contributed by atoms with Crippen LogP contribution in [0.15, 0.2) is 235 Å². The highest BCUT2D eigenvalue weighted by atomic mass is 16.3. The zero-order chi connectivity index (χ0) is 40.3. The number of hydrogen-bond donors (Lipinski definition) is 0. The predicted molar refractivity (Wildman–Crippen MR) is 257 cm³/mol. The molecule has 61 heavy (non-hydrogen) atoms. The van der Waals surface area contributed by atoms with E-state index in [2.05, 4.69) is 228 Å². The van der Waals surface area contributed by atoms with Crippen LogP contribution in [0.25, 0.3) is 93.6 Å². The molecule has 0 aliphatic carbocycles. The third-order valence-corrected chi connectivity index (χ3v) is 12.2. The summed E-state index contributed by atoms with van der Waals surface area (Å²) in [5.74, 6) is 0. The quantitative estimate of drug-likeness (QED) is 0.161. The van der Waals surface area contributed by atoms with Gasteiger partial charge < -0.3 is 13.9 Å². The van der Waals surface area contributed by atoms with Crippen LogP contribution in [0.4, 0.5) is 17.1 Å². The SMILES string of the molecule is c1ccc(-c2ccccc2N(c2ccc(-c3ccc4c(c3)oc3ccccc34)cc2)c2ccc(-c3ccc4c5ccc6ccccc6c5n(-c5ccccc5)c4c3)cc2)cc1. The van der Waals surface area contributed by atoms with Gasteiger partial charge in [0.1, 0.15) is 11.2 Å². The van der Waals surface area contributed by atoms with E-state index in [-0.39, 0.29) is 0 Å². The molecule has 2 heterocycles. The van der Waals surface area contributed by atoms with Crippen molar-refractivity contribution in [2.75, 3.05) is 4.90 Å². The molecule has 10 aromatic carbocycles. The van der Waals surface area contributed by atoms with Crippen LogP contribution < -0.4 is 4.90 Å². The van der Waals surface area contributed by atoms with Crippen molar-refractivity contribution in [2.24, 2.45) is 0 Å². The summed E-state index contributed by atoms with van der Waals surface area (Å²) < 4.78 is 8.69. The van der Waals surface area contributed by atoms with Crippen molar-refractivity contribution < 1.29 is 4.42 Å². The zero-order valence-corrected chi connectivity index (χ0v) is 33.2. The number of furan rings is 1. The van der Waals surface area contributed by atoms with E-state index in [0.717, 1.165) is 61.4 Å². The topological polar surface area (TPSA) is 21.3 Å². The minimum Gasteiger partial charge on any atom is -0.456 e. The summed E-state index contributed by atoms with van der Waals surface area (Å²) in [6.07, 6.45) is 0. The van der Waals surface area contributed by atoms with E-state index in [9.17, 15) is 0 Å². The number of anilines is 3. The molecule has 286 valence electrons. The van der Waals surface area contributed by atoms with Gasteiger partial charge in [-0.25, -0.2) is 0 Å². The first kappa shape index (κ1) is 34.9. The van der Waals surface area contributed by atoms with Gasteiger partial charge in [-0.05, 0) is 99.9 Å². The molecule has 0 spiro atoms. The van der Waals surface area contributed by atoms with E-state index in [1.807, 2.05) is 12.1 Å². The molecule has 12 rings (SSSR count). The Hall–Kier alpha value is -8.14. The van der Waals surface area contributed by atoms with E-state index in [0.29, 0.717) is 0 Å². The standard InChI is InChI=1S/C58H38N2O/c1-3-13-41(14-4-1)48-18-9-11-21-54(48)59(47-32-25-40(26-33-47)44-29-35-52-51-20-10-12-22-56(51)61-57(52)38-44)46-30-23-39(24-31-46)43-28-34-50-53-36-27-42-15-7-8-19-49(42)58(53)60(55(50)37-43)45-16-5-2-6-17-45/h1-38H. The van der Waals surface area contributed by atoms with E-state index in [4.69, 9.17) is 4.42 Å². The van der Waals surface area contributed by atoms with Crippen LogP contribution >= 0.6 is 0 Å². The molecule has 0 saturated carbocycles. The Labute approximate surface area is 353 Å². The Kier molecular flexibility index (Phi) is 8.17. The smallest absolute Gasteiger partial charge is 0.136 e. The van der Waals surface area contributed by atoms with Crippen molar-refractivity contribution in [1.82, 2.24) is 4.57 Å². The molecule has 0 radical (unpaired) electrons. The van der Waals surface area contributed by atoms with Gasteiger partial charge in [-0.3, -0.25) is 0 Å². The lowest BCUT2D eigenvalue weighted by molar-refractivity contribution is 0.669. The largest absolute Gasteiger partial charge is 0.456 e. The Morgan fingerprint density at radius 2 is 0.902 bits per heavy atom. The molecule has 3 heteroatoms. The molecule has 0 N–H and O–H groups in total. The maximum Gasteiger partial charge on any atom is 0.136 e. The van der Waals surface area contributed by atoms with Gasteiger partial charge in [0, 0.05) is 49.6 Å². The maximum atomic E-state index is 6.26. The Balaban J connectivity index is 0.966. The van der Waals surface area contributed by atoms with Crippen LogP contribution in [-0.4, -0.2) is 4.57 Å². The predicted octanol–water partition coefficient (Wildman–Crippen LogP) is 16.3. The molecule has 0 amide bonds. The highest BCUT2D eigenvalue weighted by molar-refractivity contribution is 6.19. The number of nitrogens with zero attached hydrogens (tertiary/aromatic N) is 2. The third-order valence-electron chi connectivity index (χ3n) is 12.2. The van der Waals surface area contributed by atoms with E-state index < -0.39 is 0 Å². The van der Waals surface area contributed by atoms with Crippen LogP contribution in [-0.2, 0) is 0 Å². The first-order chi connectivity index (χ1) is 30.2. The van der Waals surface area contributed by atoms with Crippen molar-refractivity contribution in [3.63, 3.8) is 0 Å². The second-order valence-electron chi connectivity index (χ2n) is 15.7. The van der Waals surface area contributed by atoms with E-state index in [1.165, 1.54) is 49.3 Å². The molecule has 0 fully saturated rings. The van der Waals surface area contributed by atoms with Gasteiger partial charge in [-0.2, -0.15) is 0 Å². The van der Waals surface area contributed by atoms with Crippen LogP contribution in [0, 0.1) is 0 Å². The number of para-hydroxylation sites is 3. The summed E-state index contributed by atoms with van der Waals surface area (Å²) in [6.45, 7) is 0. The summed E-state index contributed by atoms with van der Waals surface area (Å²) in [6, 6.07) is 82.9. The molecule has 0 saturated heterocycles. The molecule has 12 aromatic rings. The number of benzene rings is 10. The molecular weight excluding hydrogens is 741 g/mol. The summed E-state index contributed by atoms with van der Waals surface area (Å²) in [7, 11) is 0. The monoisotopic (exact) mass is 778 g/mol. The zero-order valence-electron chi connectivity index (χ0n) is 33.2. The first-order valence-corrected chi connectivity index (χ1v) is 20.8. The molecule has 2 aromatic heterocycles. The van der Waals surface area contributed by atoms with Crippen molar-refractivity contribution in [3.8, 4) is 39.1 Å². The van der Waals surface area contributed by atoms with Crippen LogP contribution in [0.2, 0.25) is 0 Å². The highest BCUT2D eigenvalue weighted by Gasteiger charge is 2.19. The molecule has 0 bridgehead atoms. The summed E-state index contributed by atoms with van der Waals surface area (Å²) in [5.41, 5.74) is 15.6. The Morgan fingerprint density at radius 1 is 0.344 bits per heavy atom. The fraction of sp³-hybridized carbons (Fsp3) is 0. The summed E-state index contributed by atoms with van der Waals surface area (Å²) in [5, 5.41) is 7.27. The second-order valence-corrected chi connectivity index (χ2v) is 15.7. The van der Waals surface area contributed by atoms with Crippen molar-refractivity contribution in [3.05, 3.63) is 231 Å². The van der Waals surface area contributed by atoms with Gasteiger partial charge in [0.2, 0.25) is 0 Å². The van der Waals surface area contributed by atoms with Crippen molar-refractivity contribution in [1.29, 1.82) is 0 Å².